The van der Waals surface area contributed by atoms with Crippen LogP contribution in [0.2, 0.25) is 0 Å². The summed E-state index contributed by atoms with van der Waals surface area (Å²) >= 11 is 0. The molecule has 0 aromatic heterocycles. The first kappa shape index (κ1) is 15.9. The van der Waals surface area contributed by atoms with E-state index in [0.717, 1.165) is 34.6 Å². The predicted octanol–water partition coefficient (Wildman–Crippen LogP) is 5.48. The zero-order chi connectivity index (χ0) is 17.4. The van der Waals surface area contributed by atoms with Gasteiger partial charge in [-0.1, -0.05) is 74.5 Å². The molecule has 4 rings (SSSR count). The topological polar surface area (TPSA) is 26.3 Å². The van der Waals surface area contributed by atoms with Gasteiger partial charge in [-0.25, -0.2) is 0 Å². The summed E-state index contributed by atoms with van der Waals surface area (Å²) in [5, 5.41) is 0. The van der Waals surface area contributed by atoms with Crippen molar-refractivity contribution < 1.29 is 9.53 Å². The van der Waals surface area contributed by atoms with Gasteiger partial charge in [-0.2, -0.15) is 0 Å². The van der Waals surface area contributed by atoms with Crippen molar-refractivity contribution in [3.63, 3.8) is 0 Å². The second-order valence-electron chi connectivity index (χ2n) is 7.67. The number of ketones is 1. The van der Waals surface area contributed by atoms with Gasteiger partial charge in [-0.15, -0.1) is 0 Å². The van der Waals surface area contributed by atoms with Gasteiger partial charge < -0.3 is 4.74 Å². The number of ether oxygens (including phenoxy) is 1. The zero-order valence-electron chi connectivity index (χ0n) is 14.7. The van der Waals surface area contributed by atoms with Gasteiger partial charge in [-0.05, 0) is 17.1 Å². The molecule has 2 aromatic carbocycles. The van der Waals surface area contributed by atoms with Gasteiger partial charge in [0, 0.05) is 29.9 Å². The van der Waals surface area contributed by atoms with Crippen molar-refractivity contribution in [3.05, 3.63) is 89.2 Å². The third-order valence-electron chi connectivity index (χ3n) is 4.96. The monoisotopic (exact) mass is 330 g/mol. The van der Waals surface area contributed by atoms with Gasteiger partial charge in [0.1, 0.15) is 11.5 Å². The molecule has 0 fully saturated rings. The molecule has 2 heteroatoms. The lowest BCUT2D eigenvalue weighted by molar-refractivity contribution is -0.118. The second-order valence-corrected chi connectivity index (χ2v) is 7.67. The van der Waals surface area contributed by atoms with Crippen LogP contribution >= 0.6 is 0 Å². The van der Waals surface area contributed by atoms with Crippen LogP contribution in [0.5, 0.6) is 0 Å². The Labute approximate surface area is 148 Å². The number of rotatable bonds is 2. The Hall–Kier alpha value is -2.61. The van der Waals surface area contributed by atoms with Gasteiger partial charge >= 0.3 is 0 Å². The molecule has 2 aliphatic rings. The van der Waals surface area contributed by atoms with Crippen molar-refractivity contribution in [3.8, 4) is 0 Å². The Morgan fingerprint density at radius 3 is 2.24 bits per heavy atom. The van der Waals surface area contributed by atoms with Crippen molar-refractivity contribution in [1.29, 1.82) is 0 Å². The van der Waals surface area contributed by atoms with Crippen LogP contribution in [0.1, 0.15) is 43.7 Å². The first-order valence-electron chi connectivity index (χ1n) is 8.80. The van der Waals surface area contributed by atoms with E-state index in [0.29, 0.717) is 6.42 Å². The highest BCUT2D eigenvalue weighted by molar-refractivity contribution is 6.00. The molecule has 2 nitrogen and oxygen atoms in total. The molecule has 0 spiro atoms. The zero-order valence-corrected chi connectivity index (χ0v) is 14.7. The molecule has 1 atom stereocenters. The van der Waals surface area contributed by atoms with Crippen LogP contribution in [0.4, 0.5) is 0 Å². The number of benzene rings is 2. The molecule has 0 radical (unpaired) electrons. The third-order valence-corrected chi connectivity index (χ3v) is 4.96. The minimum Gasteiger partial charge on any atom is -0.461 e. The number of carbonyl (C=O) groups is 1. The molecule has 0 N–H and O–H groups in total. The van der Waals surface area contributed by atoms with Crippen molar-refractivity contribution in [2.75, 3.05) is 0 Å². The first-order chi connectivity index (χ1) is 12.0. The second kappa shape index (κ2) is 6.03. The van der Waals surface area contributed by atoms with Crippen LogP contribution < -0.4 is 0 Å². The average Bonchev–Trinajstić information content (AvgIpc) is 2.61. The number of Topliss-reactive ketones (excluding diaryl/α,β-unsaturated/α-hetero) is 1. The van der Waals surface area contributed by atoms with Crippen molar-refractivity contribution >= 4 is 11.5 Å². The van der Waals surface area contributed by atoms with Gasteiger partial charge in [0.05, 0.1) is 0 Å². The fourth-order valence-corrected chi connectivity index (χ4v) is 3.80. The van der Waals surface area contributed by atoms with Gasteiger partial charge in [-0.3, -0.25) is 4.79 Å². The Kier molecular flexibility index (Phi) is 3.84. The molecule has 1 aliphatic heterocycles. The van der Waals surface area contributed by atoms with E-state index in [4.69, 9.17) is 4.74 Å². The minimum absolute atomic E-state index is 0.0382. The predicted molar refractivity (Wildman–Crippen MR) is 99.7 cm³/mol. The standard InChI is InChI=1S/C23H22O2/c1-23(2)14-19(24)22-18(16-9-5-3-6-10-16)13-20(25-21(22)15-23)17-11-7-4-8-12-17/h3-13,18H,14-15H2,1-2H3/t18-/m1/s1. The van der Waals surface area contributed by atoms with E-state index in [9.17, 15) is 4.79 Å². The summed E-state index contributed by atoms with van der Waals surface area (Å²) in [7, 11) is 0. The lowest BCUT2D eigenvalue weighted by Gasteiger charge is -2.37. The largest absolute Gasteiger partial charge is 0.461 e. The number of hydrogen-bond acceptors (Lipinski definition) is 2. The molecule has 1 aliphatic carbocycles. The van der Waals surface area contributed by atoms with E-state index in [1.54, 1.807) is 0 Å². The lowest BCUT2D eigenvalue weighted by atomic mass is 9.71. The maximum Gasteiger partial charge on any atom is 0.163 e. The molecule has 2 aromatic rings. The van der Waals surface area contributed by atoms with E-state index in [-0.39, 0.29) is 17.1 Å². The Morgan fingerprint density at radius 1 is 0.920 bits per heavy atom. The summed E-state index contributed by atoms with van der Waals surface area (Å²) in [6.07, 6.45) is 3.47. The average molecular weight is 330 g/mol. The van der Waals surface area contributed by atoms with Crippen LogP contribution in [0.15, 0.2) is 78.1 Å². The molecule has 0 bridgehead atoms. The third kappa shape index (κ3) is 3.05. The summed E-state index contributed by atoms with van der Waals surface area (Å²) in [5.41, 5.74) is 2.96. The summed E-state index contributed by atoms with van der Waals surface area (Å²) < 4.78 is 6.25. The summed E-state index contributed by atoms with van der Waals surface area (Å²) in [6, 6.07) is 20.4. The maximum atomic E-state index is 12.9. The van der Waals surface area contributed by atoms with Crippen LogP contribution in [0.25, 0.3) is 5.76 Å². The van der Waals surface area contributed by atoms with Gasteiger partial charge in [0.2, 0.25) is 0 Å². The highest BCUT2D eigenvalue weighted by Crippen LogP contribution is 2.47. The summed E-state index contributed by atoms with van der Waals surface area (Å²) in [6.45, 7) is 4.27. The molecule has 1 heterocycles. The molecule has 0 saturated heterocycles. The summed E-state index contributed by atoms with van der Waals surface area (Å²) in [5.74, 6) is 1.86. The van der Waals surface area contributed by atoms with Crippen LogP contribution in [0.3, 0.4) is 0 Å². The van der Waals surface area contributed by atoms with E-state index in [1.165, 1.54) is 0 Å². The number of carbonyl (C=O) groups excluding carboxylic acids is 1. The molecular formula is C23H22O2. The molecule has 126 valence electrons. The fourth-order valence-electron chi connectivity index (χ4n) is 3.80. The number of allylic oxidation sites excluding steroid dienone is 3. The normalized spacial score (nSPS) is 22.1. The lowest BCUT2D eigenvalue weighted by Crippen LogP contribution is -2.30. The van der Waals surface area contributed by atoms with Crippen molar-refractivity contribution in [2.45, 2.75) is 32.6 Å². The molecule has 0 saturated carbocycles. The highest BCUT2D eigenvalue weighted by Gasteiger charge is 2.39. The Morgan fingerprint density at radius 2 is 1.56 bits per heavy atom. The van der Waals surface area contributed by atoms with Crippen LogP contribution in [-0.4, -0.2) is 5.78 Å². The maximum absolute atomic E-state index is 12.9. The van der Waals surface area contributed by atoms with Crippen molar-refractivity contribution in [2.24, 2.45) is 5.41 Å². The summed E-state index contributed by atoms with van der Waals surface area (Å²) in [4.78, 5) is 12.9. The smallest absolute Gasteiger partial charge is 0.163 e. The molecule has 25 heavy (non-hydrogen) atoms. The SMILES string of the molecule is CC1(C)CC(=O)C2=C(C1)OC(c1ccccc1)=C[C@@H]2c1ccccc1. The Balaban J connectivity index is 1.84. The van der Waals surface area contributed by atoms with Gasteiger partial charge in [0.15, 0.2) is 5.78 Å². The van der Waals surface area contributed by atoms with Crippen LogP contribution in [0, 0.1) is 5.41 Å². The minimum atomic E-state index is -0.0592. The van der Waals surface area contributed by atoms with E-state index >= 15 is 0 Å². The molecule has 0 amide bonds. The van der Waals surface area contributed by atoms with E-state index < -0.39 is 0 Å². The molecule has 0 unspecified atom stereocenters. The van der Waals surface area contributed by atoms with Gasteiger partial charge in [0.25, 0.3) is 0 Å². The van der Waals surface area contributed by atoms with E-state index in [1.807, 2.05) is 36.4 Å². The van der Waals surface area contributed by atoms with Crippen LogP contribution in [-0.2, 0) is 9.53 Å². The fraction of sp³-hybridized carbons (Fsp3) is 0.261. The van der Waals surface area contributed by atoms with E-state index in [2.05, 4.69) is 44.2 Å². The Bertz CT molecular complexity index is 857. The first-order valence-corrected chi connectivity index (χ1v) is 8.80. The number of hydrogen-bond donors (Lipinski definition) is 0. The highest BCUT2D eigenvalue weighted by atomic mass is 16.5. The molecular weight excluding hydrogens is 308 g/mol. The van der Waals surface area contributed by atoms with Crippen molar-refractivity contribution in [1.82, 2.24) is 0 Å². The quantitative estimate of drug-likeness (QED) is 0.728.